The zero-order valence-electron chi connectivity index (χ0n) is 13.0. The van der Waals surface area contributed by atoms with Gasteiger partial charge in [-0.3, -0.25) is 4.57 Å². The zero-order chi connectivity index (χ0) is 14.6. The Morgan fingerprint density at radius 3 is 2.16 bits per heavy atom. The largest absolute Gasteiger partial charge is 0.353 e. The van der Waals surface area contributed by atoms with Gasteiger partial charge >= 0.3 is 0 Å². The van der Waals surface area contributed by atoms with Crippen LogP contribution in [0.2, 0.25) is 0 Å². The van der Waals surface area contributed by atoms with Crippen molar-refractivity contribution in [2.45, 2.75) is 59.2 Å². The number of hydrogen-bond donors (Lipinski definition) is 0. The van der Waals surface area contributed by atoms with E-state index in [2.05, 4.69) is 6.92 Å². The van der Waals surface area contributed by atoms with Gasteiger partial charge in [-0.2, -0.15) is 0 Å². The Morgan fingerprint density at radius 2 is 1.63 bits per heavy atom. The molecule has 0 aliphatic heterocycles. The van der Waals surface area contributed by atoms with E-state index in [0.29, 0.717) is 32.4 Å². The summed E-state index contributed by atoms with van der Waals surface area (Å²) in [5.74, 6) is 0. The first-order valence-electron chi connectivity index (χ1n) is 7.50. The first-order valence-corrected chi connectivity index (χ1v) is 9.75. The highest BCUT2D eigenvalue weighted by molar-refractivity contribution is 7.58. The van der Waals surface area contributed by atoms with Crippen LogP contribution >= 0.6 is 7.37 Å². The maximum atomic E-state index is 12.2. The van der Waals surface area contributed by atoms with Crippen LogP contribution in [0.3, 0.4) is 0 Å². The van der Waals surface area contributed by atoms with E-state index < -0.39 is 7.37 Å². The molecule has 4 nitrogen and oxygen atoms in total. The van der Waals surface area contributed by atoms with E-state index in [9.17, 15) is 4.57 Å². The Kier molecular flexibility index (Phi) is 12.0. The number of unbranched alkanes of at least 4 members (excludes halogenated alkanes) is 3. The predicted molar refractivity (Wildman–Crippen MR) is 80.1 cm³/mol. The molecule has 0 fully saturated rings. The molecule has 116 valence electrons. The fourth-order valence-corrected chi connectivity index (χ4v) is 3.10. The molecule has 0 aromatic rings. The molecular weight excluding hydrogens is 263 g/mol. The maximum absolute atomic E-state index is 12.2. The lowest BCUT2D eigenvalue weighted by Gasteiger charge is -2.19. The summed E-state index contributed by atoms with van der Waals surface area (Å²) < 4.78 is 28.6. The fraction of sp³-hybridized carbons (Fsp3) is 1.00. The third-order valence-electron chi connectivity index (χ3n) is 2.84. The minimum absolute atomic E-state index is 0.257. The summed E-state index contributed by atoms with van der Waals surface area (Å²) in [5.41, 5.74) is 0. The van der Waals surface area contributed by atoms with Crippen LogP contribution in [0, 0.1) is 0 Å². The van der Waals surface area contributed by atoms with Gasteiger partial charge in [-0.1, -0.05) is 26.2 Å². The summed E-state index contributed by atoms with van der Waals surface area (Å²) >= 11 is 0. The molecule has 0 aliphatic rings. The average molecular weight is 294 g/mol. The topological polar surface area (TPSA) is 44.8 Å². The second kappa shape index (κ2) is 11.9. The van der Waals surface area contributed by atoms with Crippen molar-refractivity contribution in [2.75, 3.05) is 32.6 Å². The van der Waals surface area contributed by atoms with Crippen molar-refractivity contribution in [3.8, 4) is 0 Å². The van der Waals surface area contributed by atoms with Crippen molar-refractivity contribution in [1.82, 2.24) is 0 Å². The molecule has 0 N–H and O–H groups in total. The van der Waals surface area contributed by atoms with E-state index in [0.717, 1.165) is 12.8 Å². The first-order chi connectivity index (χ1) is 9.05. The summed E-state index contributed by atoms with van der Waals surface area (Å²) in [6, 6.07) is 0. The van der Waals surface area contributed by atoms with E-state index in [1.54, 1.807) is 6.66 Å². The average Bonchev–Trinajstić information content (AvgIpc) is 2.36. The van der Waals surface area contributed by atoms with Crippen molar-refractivity contribution >= 4 is 7.37 Å². The second-order valence-electron chi connectivity index (χ2n) is 4.76. The quantitative estimate of drug-likeness (QED) is 0.289. The Balaban J connectivity index is 3.83. The van der Waals surface area contributed by atoms with Gasteiger partial charge in [-0.05, 0) is 20.3 Å². The van der Waals surface area contributed by atoms with Gasteiger partial charge in [0.05, 0.1) is 6.61 Å². The standard InChI is InChI=1S/C14H31O4P/c1-5-8-9-10-12-18-19(4,15)13-11-14(16-6-2)17-7-3/h14H,5-13H2,1-4H3. The molecule has 1 atom stereocenters. The third-order valence-corrected chi connectivity index (χ3v) is 4.64. The van der Waals surface area contributed by atoms with Crippen LogP contribution in [0.15, 0.2) is 0 Å². The van der Waals surface area contributed by atoms with Crippen LogP contribution in [0.5, 0.6) is 0 Å². The zero-order valence-corrected chi connectivity index (χ0v) is 13.9. The fourth-order valence-electron chi connectivity index (χ4n) is 1.78. The number of hydrogen-bond acceptors (Lipinski definition) is 4. The van der Waals surface area contributed by atoms with Gasteiger partial charge in [-0.25, -0.2) is 0 Å². The van der Waals surface area contributed by atoms with Crippen molar-refractivity contribution in [3.05, 3.63) is 0 Å². The smallest absolute Gasteiger partial charge is 0.200 e. The SMILES string of the molecule is CCCCCCOP(C)(=O)CCC(OCC)OCC. The molecule has 0 saturated heterocycles. The van der Waals surface area contributed by atoms with Crippen LogP contribution in [0.4, 0.5) is 0 Å². The summed E-state index contributed by atoms with van der Waals surface area (Å²) in [5, 5.41) is 0. The third kappa shape index (κ3) is 11.6. The van der Waals surface area contributed by atoms with Gasteiger partial charge in [0.25, 0.3) is 0 Å². The van der Waals surface area contributed by atoms with Crippen LogP contribution < -0.4 is 0 Å². The molecule has 0 heterocycles. The Bertz CT molecular complexity index is 240. The van der Waals surface area contributed by atoms with E-state index in [1.165, 1.54) is 12.8 Å². The van der Waals surface area contributed by atoms with Crippen molar-refractivity contribution in [1.29, 1.82) is 0 Å². The predicted octanol–water partition coefficient (Wildman–Crippen LogP) is 4.28. The maximum Gasteiger partial charge on any atom is 0.200 e. The molecule has 0 aliphatic carbocycles. The van der Waals surface area contributed by atoms with E-state index in [1.807, 2.05) is 13.8 Å². The number of ether oxygens (including phenoxy) is 2. The van der Waals surface area contributed by atoms with Crippen LogP contribution in [0.25, 0.3) is 0 Å². The highest BCUT2D eigenvalue weighted by atomic mass is 31.2. The minimum Gasteiger partial charge on any atom is -0.353 e. The molecule has 0 spiro atoms. The lowest BCUT2D eigenvalue weighted by atomic mass is 10.2. The van der Waals surface area contributed by atoms with Crippen LogP contribution in [-0.4, -0.2) is 38.9 Å². The van der Waals surface area contributed by atoms with Gasteiger partial charge in [0.2, 0.25) is 0 Å². The summed E-state index contributed by atoms with van der Waals surface area (Å²) in [6.07, 6.45) is 5.45. The minimum atomic E-state index is -2.50. The van der Waals surface area contributed by atoms with Gasteiger partial charge in [0, 0.05) is 32.5 Å². The molecule has 0 saturated carbocycles. The van der Waals surface area contributed by atoms with Gasteiger partial charge in [-0.15, -0.1) is 0 Å². The van der Waals surface area contributed by atoms with E-state index in [-0.39, 0.29) is 6.29 Å². The van der Waals surface area contributed by atoms with Crippen molar-refractivity contribution < 1.29 is 18.6 Å². The molecule has 0 aromatic heterocycles. The Labute approximate surface area is 118 Å². The Morgan fingerprint density at radius 1 is 1.00 bits per heavy atom. The van der Waals surface area contributed by atoms with Gasteiger partial charge < -0.3 is 14.0 Å². The highest BCUT2D eigenvalue weighted by Crippen LogP contribution is 2.43. The first kappa shape index (κ1) is 19.1. The summed E-state index contributed by atoms with van der Waals surface area (Å²) in [4.78, 5) is 0. The van der Waals surface area contributed by atoms with E-state index in [4.69, 9.17) is 14.0 Å². The molecule has 0 rings (SSSR count). The van der Waals surface area contributed by atoms with Crippen LogP contribution in [0.1, 0.15) is 52.9 Å². The highest BCUT2D eigenvalue weighted by Gasteiger charge is 2.19. The molecule has 0 bridgehead atoms. The molecule has 5 heteroatoms. The lowest BCUT2D eigenvalue weighted by molar-refractivity contribution is -0.136. The second-order valence-corrected chi connectivity index (χ2v) is 7.49. The lowest BCUT2D eigenvalue weighted by Crippen LogP contribution is -2.19. The molecule has 1 unspecified atom stereocenters. The number of rotatable bonds is 13. The monoisotopic (exact) mass is 294 g/mol. The molecule has 0 aromatic carbocycles. The Hall–Kier alpha value is 0.110. The molecule has 0 amide bonds. The summed E-state index contributed by atoms with van der Waals surface area (Å²) in [7, 11) is -2.50. The van der Waals surface area contributed by atoms with Crippen LogP contribution in [-0.2, 0) is 18.6 Å². The van der Waals surface area contributed by atoms with Gasteiger partial charge in [0.15, 0.2) is 13.7 Å². The van der Waals surface area contributed by atoms with Crippen molar-refractivity contribution in [2.24, 2.45) is 0 Å². The normalized spacial score (nSPS) is 14.8. The molecule has 0 radical (unpaired) electrons. The van der Waals surface area contributed by atoms with E-state index >= 15 is 0 Å². The molecular formula is C14H31O4P. The molecule has 19 heavy (non-hydrogen) atoms. The van der Waals surface area contributed by atoms with Gasteiger partial charge in [0.1, 0.15) is 0 Å². The van der Waals surface area contributed by atoms with Crippen molar-refractivity contribution in [3.63, 3.8) is 0 Å². The summed E-state index contributed by atoms with van der Waals surface area (Å²) in [6.45, 7) is 9.56.